The number of carbonyl (C=O) groups is 1. The van der Waals surface area contributed by atoms with E-state index in [1.54, 1.807) is 19.1 Å². The van der Waals surface area contributed by atoms with Gasteiger partial charge in [-0.2, -0.15) is 0 Å². The summed E-state index contributed by atoms with van der Waals surface area (Å²) in [5.74, 6) is -0.892. The molecule has 0 saturated heterocycles. The molecule has 0 saturated carbocycles. The molecule has 14 heavy (non-hydrogen) atoms. The highest BCUT2D eigenvalue weighted by Crippen LogP contribution is 2.16. The van der Waals surface area contributed by atoms with Crippen molar-refractivity contribution in [2.75, 3.05) is 0 Å². The third-order valence-electron chi connectivity index (χ3n) is 1.92. The quantitative estimate of drug-likeness (QED) is 0.779. The molecule has 0 atom stereocenters. The van der Waals surface area contributed by atoms with Crippen molar-refractivity contribution in [1.29, 1.82) is 0 Å². The lowest BCUT2D eigenvalue weighted by atomic mass is 10.1. The molecule has 2 nitrogen and oxygen atoms in total. The van der Waals surface area contributed by atoms with E-state index < -0.39 is 5.97 Å². The third-order valence-corrected chi connectivity index (χ3v) is 2.29. The van der Waals surface area contributed by atoms with Crippen LogP contribution < -0.4 is 0 Å². The Morgan fingerprint density at radius 2 is 2.14 bits per heavy atom. The molecule has 0 bridgehead atoms. The van der Waals surface area contributed by atoms with Gasteiger partial charge >= 0.3 is 5.97 Å². The Kier molecular flexibility index (Phi) is 3.72. The van der Waals surface area contributed by atoms with Gasteiger partial charge in [0.15, 0.2) is 0 Å². The van der Waals surface area contributed by atoms with Crippen LogP contribution in [-0.2, 0) is 11.2 Å². The van der Waals surface area contributed by atoms with E-state index in [4.69, 9.17) is 16.7 Å². The Morgan fingerprint density at radius 3 is 2.71 bits per heavy atom. The second-order valence-electron chi connectivity index (χ2n) is 2.99. The lowest BCUT2D eigenvalue weighted by Crippen LogP contribution is -1.96. The summed E-state index contributed by atoms with van der Waals surface area (Å²) in [6.45, 7) is 1.57. The first-order chi connectivity index (χ1) is 6.61. The number of hydrogen-bond acceptors (Lipinski definition) is 1. The molecule has 0 heterocycles. The molecule has 0 amide bonds. The minimum atomic E-state index is -0.892. The maximum atomic E-state index is 10.5. The van der Waals surface area contributed by atoms with Crippen LogP contribution in [0.15, 0.2) is 35.9 Å². The molecule has 0 unspecified atom stereocenters. The van der Waals surface area contributed by atoms with Crippen LogP contribution in [0.3, 0.4) is 0 Å². The molecule has 1 rings (SSSR count). The SMILES string of the molecule is CC(=CCc1ccccc1Cl)C(=O)O. The highest BCUT2D eigenvalue weighted by Gasteiger charge is 2.00. The van der Waals surface area contributed by atoms with Crippen LogP contribution in [-0.4, -0.2) is 11.1 Å². The van der Waals surface area contributed by atoms with Gasteiger partial charge in [0, 0.05) is 10.6 Å². The molecule has 3 heteroatoms. The number of halogens is 1. The zero-order valence-corrected chi connectivity index (χ0v) is 8.58. The highest BCUT2D eigenvalue weighted by molar-refractivity contribution is 6.31. The van der Waals surface area contributed by atoms with Crippen molar-refractivity contribution >= 4 is 17.6 Å². The van der Waals surface area contributed by atoms with Crippen LogP contribution in [0.25, 0.3) is 0 Å². The van der Waals surface area contributed by atoms with Crippen molar-refractivity contribution < 1.29 is 9.90 Å². The topological polar surface area (TPSA) is 37.3 Å². The lowest BCUT2D eigenvalue weighted by molar-refractivity contribution is -0.132. The second-order valence-corrected chi connectivity index (χ2v) is 3.40. The van der Waals surface area contributed by atoms with Crippen LogP contribution in [0.4, 0.5) is 0 Å². The van der Waals surface area contributed by atoms with E-state index in [0.29, 0.717) is 17.0 Å². The average molecular weight is 211 g/mol. The molecule has 0 aliphatic rings. The van der Waals surface area contributed by atoms with Crippen LogP contribution in [0, 0.1) is 0 Å². The predicted molar refractivity (Wildman–Crippen MR) is 56.5 cm³/mol. The van der Waals surface area contributed by atoms with E-state index in [2.05, 4.69) is 0 Å². The molecule has 0 fully saturated rings. The Labute approximate surface area is 87.8 Å². The van der Waals surface area contributed by atoms with Gasteiger partial charge in [-0.3, -0.25) is 0 Å². The fourth-order valence-corrected chi connectivity index (χ4v) is 1.23. The maximum absolute atomic E-state index is 10.5. The molecule has 0 aromatic heterocycles. The summed E-state index contributed by atoms with van der Waals surface area (Å²) in [5.41, 5.74) is 1.28. The first-order valence-electron chi connectivity index (χ1n) is 4.24. The van der Waals surface area contributed by atoms with Gasteiger partial charge in [0.05, 0.1) is 0 Å². The fourth-order valence-electron chi connectivity index (χ4n) is 1.01. The van der Waals surface area contributed by atoms with Gasteiger partial charge in [-0.25, -0.2) is 4.79 Å². The average Bonchev–Trinajstić information content (AvgIpc) is 2.16. The minimum Gasteiger partial charge on any atom is -0.478 e. The predicted octanol–water partition coefficient (Wildman–Crippen LogP) is 2.91. The lowest BCUT2D eigenvalue weighted by Gasteiger charge is -1.99. The van der Waals surface area contributed by atoms with Gasteiger partial charge in [0.1, 0.15) is 0 Å². The summed E-state index contributed by atoms with van der Waals surface area (Å²) in [6, 6.07) is 7.40. The molecule has 1 N–H and O–H groups in total. The summed E-state index contributed by atoms with van der Waals surface area (Å²) in [7, 11) is 0. The maximum Gasteiger partial charge on any atom is 0.330 e. The van der Waals surface area contributed by atoms with Gasteiger partial charge < -0.3 is 5.11 Å². The van der Waals surface area contributed by atoms with Crippen molar-refractivity contribution in [2.24, 2.45) is 0 Å². The molecule has 0 spiro atoms. The van der Waals surface area contributed by atoms with Gasteiger partial charge in [-0.1, -0.05) is 35.9 Å². The number of hydrogen-bond donors (Lipinski definition) is 1. The summed E-state index contributed by atoms with van der Waals surface area (Å²) in [4.78, 5) is 10.5. The smallest absolute Gasteiger partial charge is 0.330 e. The number of benzene rings is 1. The van der Waals surface area contributed by atoms with E-state index in [0.717, 1.165) is 5.56 Å². The van der Waals surface area contributed by atoms with Crippen molar-refractivity contribution in [3.63, 3.8) is 0 Å². The molecule has 0 radical (unpaired) electrons. The molecule has 74 valence electrons. The van der Waals surface area contributed by atoms with Gasteiger partial charge in [-0.05, 0) is 25.0 Å². The van der Waals surface area contributed by atoms with E-state index in [9.17, 15) is 4.79 Å². The molecule has 1 aromatic carbocycles. The number of carboxylic acids is 1. The fraction of sp³-hybridized carbons (Fsp3) is 0.182. The molecule has 0 aliphatic heterocycles. The molecular weight excluding hydrogens is 200 g/mol. The number of carboxylic acid groups (broad SMARTS) is 1. The van der Waals surface area contributed by atoms with E-state index in [1.165, 1.54) is 0 Å². The summed E-state index contributed by atoms with van der Waals surface area (Å²) >= 11 is 5.91. The summed E-state index contributed by atoms with van der Waals surface area (Å²) < 4.78 is 0. The largest absolute Gasteiger partial charge is 0.478 e. The van der Waals surface area contributed by atoms with Crippen molar-refractivity contribution in [3.8, 4) is 0 Å². The monoisotopic (exact) mass is 210 g/mol. The van der Waals surface area contributed by atoms with Crippen LogP contribution in [0.1, 0.15) is 12.5 Å². The van der Waals surface area contributed by atoms with E-state index in [-0.39, 0.29) is 0 Å². The number of aliphatic carboxylic acids is 1. The zero-order valence-electron chi connectivity index (χ0n) is 7.83. The Morgan fingerprint density at radius 1 is 1.50 bits per heavy atom. The molecule has 1 aromatic rings. The first-order valence-corrected chi connectivity index (χ1v) is 4.62. The summed E-state index contributed by atoms with van der Waals surface area (Å²) in [5, 5.41) is 9.30. The second kappa shape index (κ2) is 4.82. The Bertz CT molecular complexity index is 369. The normalized spacial score (nSPS) is 11.4. The number of rotatable bonds is 3. The van der Waals surface area contributed by atoms with Crippen molar-refractivity contribution in [1.82, 2.24) is 0 Å². The Hall–Kier alpha value is -1.28. The third kappa shape index (κ3) is 2.89. The van der Waals surface area contributed by atoms with Crippen LogP contribution in [0.2, 0.25) is 5.02 Å². The standard InChI is InChI=1S/C11H11ClO2/c1-8(11(13)14)6-7-9-4-2-3-5-10(9)12/h2-6H,7H2,1H3,(H,13,14). The van der Waals surface area contributed by atoms with Gasteiger partial charge in [0.2, 0.25) is 0 Å². The van der Waals surface area contributed by atoms with Crippen LogP contribution in [0.5, 0.6) is 0 Å². The Balaban J connectivity index is 2.76. The number of allylic oxidation sites excluding steroid dienone is 1. The van der Waals surface area contributed by atoms with E-state index >= 15 is 0 Å². The van der Waals surface area contributed by atoms with Crippen LogP contribution >= 0.6 is 11.6 Å². The van der Waals surface area contributed by atoms with Crippen molar-refractivity contribution in [2.45, 2.75) is 13.3 Å². The van der Waals surface area contributed by atoms with E-state index in [1.807, 2.05) is 18.2 Å². The minimum absolute atomic E-state index is 0.338. The molecular formula is C11H11ClO2. The molecule has 0 aliphatic carbocycles. The zero-order chi connectivity index (χ0) is 10.6. The van der Waals surface area contributed by atoms with Gasteiger partial charge in [-0.15, -0.1) is 0 Å². The summed E-state index contributed by atoms with van der Waals surface area (Å²) in [6.07, 6.45) is 2.21. The van der Waals surface area contributed by atoms with Gasteiger partial charge in [0.25, 0.3) is 0 Å². The first kappa shape index (κ1) is 10.8. The van der Waals surface area contributed by atoms with Crippen molar-refractivity contribution in [3.05, 3.63) is 46.5 Å². The highest BCUT2D eigenvalue weighted by atomic mass is 35.5.